The van der Waals surface area contributed by atoms with Crippen molar-refractivity contribution in [2.45, 2.75) is 25.6 Å². The minimum atomic E-state index is -0.614. The molecule has 0 bridgehead atoms. The van der Waals surface area contributed by atoms with Gasteiger partial charge >= 0.3 is 5.97 Å². The second-order valence-electron chi connectivity index (χ2n) is 3.74. The summed E-state index contributed by atoms with van der Waals surface area (Å²) in [4.78, 5) is 22.9. The van der Waals surface area contributed by atoms with Crippen LogP contribution in [0.3, 0.4) is 0 Å². The number of hydrogen-bond acceptors (Lipinski definition) is 5. The first-order chi connectivity index (χ1) is 9.13. The lowest BCUT2D eigenvalue weighted by Crippen LogP contribution is -2.37. The number of carbonyl (C=O) groups is 2. The molecule has 0 saturated carbocycles. The van der Waals surface area contributed by atoms with Crippen LogP contribution in [0.15, 0.2) is 30.3 Å². The topological polar surface area (TPSA) is 55.4 Å². The first kappa shape index (κ1) is 15.9. The number of rotatable bonds is 6. The molecule has 4 nitrogen and oxygen atoms in total. The van der Waals surface area contributed by atoms with Gasteiger partial charge in [0.15, 0.2) is 0 Å². The van der Waals surface area contributed by atoms with Gasteiger partial charge in [-0.05, 0) is 19.4 Å². The fourth-order valence-electron chi connectivity index (χ4n) is 1.25. The third kappa shape index (κ3) is 6.54. The van der Waals surface area contributed by atoms with Gasteiger partial charge in [-0.25, -0.2) is 4.79 Å². The van der Waals surface area contributed by atoms with E-state index in [1.165, 1.54) is 10.8 Å². The molecule has 1 aromatic rings. The predicted molar refractivity (Wildman–Crippen MR) is 80.0 cm³/mol. The number of hydrogen-bond donors (Lipinski definition) is 1. The lowest BCUT2D eigenvalue weighted by Gasteiger charge is -2.11. The first-order valence-electron chi connectivity index (χ1n) is 5.94. The Balaban J connectivity index is 2.23. The smallest absolute Gasteiger partial charge is 0.328 e. The highest BCUT2D eigenvalue weighted by molar-refractivity contribution is 8.81. The summed E-state index contributed by atoms with van der Waals surface area (Å²) in [6, 6.07) is 9.28. The Hall–Kier alpha value is -1.14. The maximum absolute atomic E-state index is 11.6. The van der Waals surface area contributed by atoms with Gasteiger partial charge in [0.2, 0.25) is 0 Å². The van der Waals surface area contributed by atoms with Gasteiger partial charge in [0.25, 0.3) is 5.24 Å². The normalized spacial score (nSPS) is 11.7. The van der Waals surface area contributed by atoms with Gasteiger partial charge in [-0.3, -0.25) is 4.79 Å². The third-order valence-electron chi connectivity index (χ3n) is 2.18. The highest BCUT2D eigenvalue weighted by atomic mass is 33.1. The van der Waals surface area contributed by atoms with Crippen molar-refractivity contribution in [1.29, 1.82) is 0 Å². The van der Waals surface area contributed by atoms with E-state index in [2.05, 4.69) is 5.32 Å². The average Bonchev–Trinajstić information content (AvgIpc) is 2.40. The molecular weight excluding hydrogens is 282 g/mol. The van der Waals surface area contributed by atoms with Gasteiger partial charge < -0.3 is 10.1 Å². The average molecular weight is 299 g/mol. The fourth-order valence-corrected chi connectivity index (χ4v) is 3.02. The molecule has 0 saturated heterocycles. The summed E-state index contributed by atoms with van der Waals surface area (Å²) in [7, 11) is 2.53. The molecule has 0 fully saturated rings. The molecule has 1 aromatic carbocycles. The number of benzene rings is 1. The second-order valence-corrected chi connectivity index (χ2v) is 6.01. The molecule has 1 amide bonds. The Morgan fingerprint density at radius 3 is 2.63 bits per heavy atom. The minimum Gasteiger partial charge on any atom is -0.464 e. The second kappa shape index (κ2) is 8.87. The minimum absolute atomic E-state index is 0.235. The molecule has 6 heteroatoms. The summed E-state index contributed by atoms with van der Waals surface area (Å²) in [5.41, 5.74) is 1.16. The molecule has 0 aliphatic carbocycles. The number of esters is 1. The van der Waals surface area contributed by atoms with Crippen LogP contribution in [0.1, 0.15) is 19.4 Å². The van der Waals surface area contributed by atoms with E-state index in [0.29, 0.717) is 6.61 Å². The highest BCUT2D eigenvalue weighted by Gasteiger charge is 2.16. The Bertz CT molecular complexity index is 412. The zero-order chi connectivity index (χ0) is 14.1. The van der Waals surface area contributed by atoms with Gasteiger partial charge in [-0.1, -0.05) is 41.1 Å². The van der Waals surface area contributed by atoms with Gasteiger partial charge in [0.05, 0.1) is 6.61 Å². The summed E-state index contributed by atoms with van der Waals surface area (Å²) in [5, 5.41) is 2.34. The Labute approximate surface area is 121 Å². The number of carbonyl (C=O) groups excluding carboxylic acids is 2. The molecule has 1 atom stereocenters. The maximum Gasteiger partial charge on any atom is 0.328 e. The van der Waals surface area contributed by atoms with Crippen molar-refractivity contribution in [2.75, 3.05) is 6.61 Å². The summed E-state index contributed by atoms with van der Waals surface area (Å²) in [5.74, 6) is 0.330. The van der Waals surface area contributed by atoms with E-state index in [0.717, 1.165) is 22.1 Å². The van der Waals surface area contributed by atoms with Crippen LogP contribution in [-0.2, 0) is 15.3 Å². The van der Waals surface area contributed by atoms with Gasteiger partial charge in [-0.2, -0.15) is 0 Å². The van der Waals surface area contributed by atoms with Crippen molar-refractivity contribution >= 4 is 32.8 Å². The fraction of sp³-hybridized carbons (Fsp3) is 0.385. The summed E-state index contributed by atoms with van der Waals surface area (Å²) < 4.78 is 4.81. The third-order valence-corrected chi connectivity index (χ3v) is 4.18. The molecular formula is C13H17NO3S2. The molecule has 0 aliphatic rings. The van der Waals surface area contributed by atoms with E-state index >= 15 is 0 Å². The SMILES string of the molecule is CCOC(=O)C(C)NC(=O)SSCc1ccccc1. The first-order valence-corrected chi connectivity index (χ1v) is 8.26. The molecule has 0 aliphatic heterocycles. The maximum atomic E-state index is 11.6. The molecule has 1 unspecified atom stereocenters. The lowest BCUT2D eigenvalue weighted by atomic mass is 10.2. The van der Waals surface area contributed by atoms with Crippen LogP contribution in [-0.4, -0.2) is 23.9 Å². The Morgan fingerprint density at radius 2 is 2.00 bits per heavy atom. The molecule has 0 heterocycles. The number of amides is 1. The van der Waals surface area contributed by atoms with E-state index in [1.807, 2.05) is 30.3 Å². The van der Waals surface area contributed by atoms with Gasteiger partial charge in [0.1, 0.15) is 6.04 Å². The van der Waals surface area contributed by atoms with Crippen LogP contribution in [0.4, 0.5) is 4.79 Å². The highest BCUT2D eigenvalue weighted by Crippen LogP contribution is 2.26. The molecule has 1 N–H and O–H groups in total. The van der Waals surface area contributed by atoms with Gasteiger partial charge in [0, 0.05) is 16.5 Å². The Morgan fingerprint density at radius 1 is 1.32 bits per heavy atom. The predicted octanol–water partition coefficient (Wildman–Crippen LogP) is 3.23. The van der Waals surface area contributed by atoms with Crippen LogP contribution in [0.5, 0.6) is 0 Å². The molecule has 0 radical (unpaired) electrons. The summed E-state index contributed by atoms with van der Waals surface area (Å²) >= 11 is 0. The van der Waals surface area contributed by atoms with Crippen molar-refractivity contribution < 1.29 is 14.3 Å². The molecule has 1 rings (SSSR count). The standard InChI is InChI=1S/C13H17NO3S2/c1-3-17-12(15)10(2)14-13(16)19-18-9-11-7-5-4-6-8-11/h4-8,10H,3,9H2,1-2H3,(H,14,16). The van der Waals surface area contributed by atoms with Crippen LogP contribution in [0, 0.1) is 0 Å². The largest absolute Gasteiger partial charge is 0.464 e. The van der Waals surface area contributed by atoms with Crippen molar-refractivity contribution in [1.82, 2.24) is 5.32 Å². The van der Waals surface area contributed by atoms with Crippen LogP contribution >= 0.6 is 21.6 Å². The molecule has 104 valence electrons. The van der Waals surface area contributed by atoms with E-state index in [1.54, 1.807) is 13.8 Å². The van der Waals surface area contributed by atoms with Crippen molar-refractivity contribution in [3.63, 3.8) is 0 Å². The van der Waals surface area contributed by atoms with Crippen molar-refractivity contribution in [3.05, 3.63) is 35.9 Å². The monoisotopic (exact) mass is 299 g/mol. The number of ether oxygens (including phenoxy) is 1. The molecule has 0 aromatic heterocycles. The molecule has 19 heavy (non-hydrogen) atoms. The zero-order valence-electron chi connectivity index (χ0n) is 10.9. The van der Waals surface area contributed by atoms with Gasteiger partial charge in [-0.15, -0.1) is 0 Å². The lowest BCUT2D eigenvalue weighted by molar-refractivity contribution is -0.144. The number of nitrogens with one attached hydrogen (secondary N) is 1. The summed E-state index contributed by atoms with van der Waals surface area (Å²) in [6.45, 7) is 3.66. The Kier molecular flexibility index (Phi) is 7.43. The molecule has 0 spiro atoms. The van der Waals surface area contributed by atoms with Crippen LogP contribution < -0.4 is 5.32 Å². The van der Waals surface area contributed by atoms with E-state index in [4.69, 9.17) is 4.74 Å². The van der Waals surface area contributed by atoms with E-state index < -0.39 is 12.0 Å². The van der Waals surface area contributed by atoms with Crippen LogP contribution in [0.2, 0.25) is 0 Å². The van der Waals surface area contributed by atoms with Crippen LogP contribution in [0.25, 0.3) is 0 Å². The van der Waals surface area contributed by atoms with Crippen molar-refractivity contribution in [3.8, 4) is 0 Å². The zero-order valence-corrected chi connectivity index (χ0v) is 12.6. The quantitative estimate of drug-likeness (QED) is 0.645. The summed E-state index contributed by atoms with van der Waals surface area (Å²) in [6.07, 6.45) is 0. The van der Waals surface area contributed by atoms with E-state index in [-0.39, 0.29) is 5.24 Å². The van der Waals surface area contributed by atoms with E-state index in [9.17, 15) is 9.59 Å². The van der Waals surface area contributed by atoms with Crippen molar-refractivity contribution in [2.24, 2.45) is 0 Å².